The van der Waals surface area contributed by atoms with E-state index in [0.717, 1.165) is 25.7 Å². The molecule has 3 rings (SSSR count). The lowest BCUT2D eigenvalue weighted by Gasteiger charge is -2.30. The number of amides is 2. The summed E-state index contributed by atoms with van der Waals surface area (Å²) in [5.41, 5.74) is 0. The van der Waals surface area contributed by atoms with Crippen molar-refractivity contribution in [3.8, 4) is 0 Å². The molecule has 2 amide bonds. The Morgan fingerprint density at radius 3 is 2.67 bits per heavy atom. The lowest BCUT2D eigenvalue weighted by Crippen LogP contribution is -2.47. The molecule has 2 heterocycles. The second-order valence-electron chi connectivity index (χ2n) is 6.13. The molecule has 2 aliphatic heterocycles. The first-order valence-corrected chi connectivity index (χ1v) is 8.04. The van der Waals surface area contributed by atoms with Crippen molar-refractivity contribution in [2.24, 2.45) is 0 Å². The minimum atomic E-state index is -0.384. The second-order valence-corrected chi connectivity index (χ2v) is 6.13. The standard InChI is InChI=1S/C15H24N2O4/c18-14-8-13(16-9-12-10-20-6-7-21-12)15(19)17(14)11-4-2-1-3-5-11/h11-13,16H,1-10H2. The van der Waals surface area contributed by atoms with Crippen LogP contribution < -0.4 is 5.32 Å². The number of carbonyl (C=O) groups is 2. The summed E-state index contributed by atoms with van der Waals surface area (Å²) in [5, 5.41) is 3.18. The predicted molar refractivity (Wildman–Crippen MR) is 75.7 cm³/mol. The maximum Gasteiger partial charge on any atom is 0.247 e. The number of ether oxygens (including phenoxy) is 2. The summed E-state index contributed by atoms with van der Waals surface area (Å²) in [6.45, 7) is 2.33. The summed E-state index contributed by atoms with van der Waals surface area (Å²) in [5.74, 6) is -0.0751. The zero-order chi connectivity index (χ0) is 14.7. The van der Waals surface area contributed by atoms with Gasteiger partial charge in [-0.1, -0.05) is 19.3 Å². The van der Waals surface area contributed by atoms with Crippen LogP contribution in [0.1, 0.15) is 38.5 Å². The van der Waals surface area contributed by atoms with Crippen molar-refractivity contribution in [1.82, 2.24) is 10.2 Å². The van der Waals surface area contributed by atoms with Gasteiger partial charge in [0.05, 0.1) is 38.4 Å². The molecule has 2 atom stereocenters. The molecule has 6 nitrogen and oxygen atoms in total. The Hall–Kier alpha value is -0.980. The van der Waals surface area contributed by atoms with Crippen molar-refractivity contribution >= 4 is 11.8 Å². The Balaban J connectivity index is 1.52. The van der Waals surface area contributed by atoms with Gasteiger partial charge in [0.15, 0.2) is 0 Å². The van der Waals surface area contributed by atoms with Crippen LogP contribution >= 0.6 is 0 Å². The predicted octanol–water partition coefficient (Wildman–Crippen LogP) is 0.452. The zero-order valence-corrected chi connectivity index (χ0v) is 12.4. The second kappa shape index (κ2) is 6.85. The fourth-order valence-corrected chi connectivity index (χ4v) is 3.46. The van der Waals surface area contributed by atoms with Crippen LogP contribution in [-0.2, 0) is 19.1 Å². The summed E-state index contributed by atoms with van der Waals surface area (Å²) in [7, 11) is 0. The van der Waals surface area contributed by atoms with Crippen LogP contribution in [0.3, 0.4) is 0 Å². The molecule has 1 saturated carbocycles. The number of hydrogen-bond donors (Lipinski definition) is 1. The molecule has 1 N–H and O–H groups in total. The Morgan fingerprint density at radius 1 is 1.14 bits per heavy atom. The van der Waals surface area contributed by atoms with Crippen molar-refractivity contribution in [2.45, 2.75) is 56.7 Å². The van der Waals surface area contributed by atoms with Crippen LogP contribution in [0.25, 0.3) is 0 Å². The van der Waals surface area contributed by atoms with E-state index in [1.807, 2.05) is 0 Å². The Labute approximate surface area is 125 Å². The minimum Gasteiger partial charge on any atom is -0.376 e. The van der Waals surface area contributed by atoms with Gasteiger partial charge in [0.25, 0.3) is 0 Å². The van der Waals surface area contributed by atoms with Crippen LogP contribution in [0.15, 0.2) is 0 Å². The van der Waals surface area contributed by atoms with E-state index in [1.54, 1.807) is 0 Å². The number of likely N-dealkylation sites (tertiary alicyclic amines) is 1. The first kappa shape index (κ1) is 14.9. The molecule has 0 radical (unpaired) electrons. The van der Waals surface area contributed by atoms with Crippen molar-refractivity contribution in [2.75, 3.05) is 26.4 Å². The minimum absolute atomic E-state index is 0.0228. The lowest BCUT2D eigenvalue weighted by molar-refractivity contribution is -0.142. The van der Waals surface area contributed by atoms with E-state index in [4.69, 9.17) is 9.47 Å². The van der Waals surface area contributed by atoms with Crippen LogP contribution in [0.2, 0.25) is 0 Å². The van der Waals surface area contributed by atoms with Gasteiger partial charge in [0, 0.05) is 12.6 Å². The van der Waals surface area contributed by atoms with Crippen molar-refractivity contribution in [3.63, 3.8) is 0 Å². The van der Waals surface area contributed by atoms with Crippen molar-refractivity contribution in [3.05, 3.63) is 0 Å². The molecule has 1 aliphatic carbocycles. The average molecular weight is 296 g/mol. The van der Waals surface area contributed by atoms with Gasteiger partial charge in [-0.15, -0.1) is 0 Å². The van der Waals surface area contributed by atoms with Gasteiger partial charge < -0.3 is 14.8 Å². The monoisotopic (exact) mass is 296 g/mol. The van der Waals surface area contributed by atoms with Crippen LogP contribution in [-0.4, -0.2) is 61.3 Å². The van der Waals surface area contributed by atoms with E-state index < -0.39 is 0 Å². The highest BCUT2D eigenvalue weighted by atomic mass is 16.6. The SMILES string of the molecule is O=C1CC(NCC2COCCO2)C(=O)N1C1CCCCC1. The topological polar surface area (TPSA) is 67.9 Å². The van der Waals surface area contributed by atoms with Gasteiger partial charge in [-0.2, -0.15) is 0 Å². The first-order valence-electron chi connectivity index (χ1n) is 8.04. The van der Waals surface area contributed by atoms with Gasteiger partial charge in [-0.25, -0.2) is 0 Å². The number of rotatable bonds is 4. The maximum atomic E-state index is 12.5. The van der Waals surface area contributed by atoms with E-state index in [0.29, 0.717) is 26.4 Å². The summed E-state index contributed by atoms with van der Waals surface area (Å²) in [4.78, 5) is 26.1. The third kappa shape index (κ3) is 3.44. The molecule has 21 heavy (non-hydrogen) atoms. The molecule has 0 aromatic carbocycles. The number of hydrogen-bond acceptors (Lipinski definition) is 5. The highest BCUT2D eigenvalue weighted by molar-refractivity contribution is 6.05. The van der Waals surface area contributed by atoms with E-state index in [9.17, 15) is 9.59 Å². The van der Waals surface area contributed by atoms with Crippen LogP contribution in [0.5, 0.6) is 0 Å². The number of imide groups is 1. The molecule has 0 aromatic rings. The van der Waals surface area contributed by atoms with Gasteiger partial charge >= 0.3 is 0 Å². The quantitative estimate of drug-likeness (QED) is 0.763. The summed E-state index contributed by atoms with van der Waals surface area (Å²) < 4.78 is 10.9. The van der Waals surface area contributed by atoms with Crippen molar-refractivity contribution < 1.29 is 19.1 Å². The fraction of sp³-hybridized carbons (Fsp3) is 0.867. The average Bonchev–Trinajstić information content (AvgIpc) is 2.81. The highest BCUT2D eigenvalue weighted by Crippen LogP contribution is 2.27. The molecule has 0 bridgehead atoms. The van der Waals surface area contributed by atoms with Gasteiger partial charge in [-0.05, 0) is 12.8 Å². The first-order chi connectivity index (χ1) is 10.3. The zero-order valence-electron chi connectivity index (χ0n) is 12.4. The molecule has 6 heteroatoms. The smallest absolute Gasteiger partial charge is 0.247 e. The van der Waals surface area contributed by atoms with E-state index >= 15 is 0 Å². The van der Waals surface area contributed by atoms with Gasteiger partial charge in [-0.3, -0.25) is 14.5 Å². The molecular formula is C15H24N2O4. The fourth-order valence-electron chi connectivity index (χ4n) is 3.46. The molecule has 3 aliphatic rings. The van der Waals surface area contributed by atoms with Gasteiger partial charge in [0.2, 0.25) is 11.8 Å². The summed E-state index contributed by atoms with van der Waals surface area (Å²) in [6.07, 6.45) is 5.63. The molecule has 2 unspecified atom stereocenters. The number of carbonyl (C=O) groups excluding carboxylic acids is 2. The molecule has 0 spiro atoms. The summed E-state index contributed by atoms with van der Waals surface area (Å²) in [6, 6.07) is -0.259. The Morgan fingerprint density at radius 2 is 1.95 bits per heavy atom. The molecule has 2 saturated heterocycles. The maximum absolute atomic E-state index is 12.5. The van der Waals surface area contributed by atoms with Crippen molar-refractivity contribution in [1.29, 1.82) is 0 Å². The highest BCUT2D eigenvalue weighted by Gasteiger charge is 2.42. The summed E-state index contributed by atoms with van der Waals surface area (Å²) >= 11 is 0. The Kier molecular flexibility index (Phi) is 4.87. The van der Waals surface area contributed by atoms with E-state index in [2.05, 4.69) is 5.32 Å². The molecular weight excluding hydrogens is 272 g/mol. The largest absolute Gasteiger partial charge is 0.376 e. The van der Waals surface area contributed by atoms with E-state index in [-0.39, 0.29) is 36.4 Å². The lowest BCUT2D eigenvalue weighted by atomic mass is 9.94. The number of nitrogens with zero attached hydrogens (tertiary/aromatic N) is 1. The van der Waals surface area contributed by atoms with Crippen LogP contribution in [0.4, 0.5) is 0 Å². The van der Waals surface area contributed by atoms with Gasteiger partial charge in [0.1, 0.15) is 0 Å². The van der Waals surface area contributed by atoms with Crippen LogP contribution in [0, 0.1) is 0 Å². The normalized spacial score (nSPS) is 31.9. The molecule has 3 fully saturated rings. The third-order valence-corrected chi connectivity index (χ3v) is 4.60. The van der Waals surface area contributed by atoms with E-state index in [1.165, 1.54) is 11.3 Å². The number of nitrogens with one attached hydrogen (secondary N) is 1. The Bertz CT molecular complexity index is 389. The third-order valence-electron chi connectivity index (χ3n) is 4.60. The molecule has 0 aromatic heterocycles. The molecule has 118 valence electrons.